The molecule has 1 saturated heterocycles. The number of aryl methyl sites for hydroxylation is 2. The lowest BCUT2D eigenvalue weighted by atomic mass is 9.96. The van der Waals surface area contributed by atoms with Crippen LogP contribution in [0.4, 0.5) is 0 Å². The Morgan fingerprint density at radius 1 is 1.33 bits per heavy atom. The zero-order valence-electron chi connectivity index (χ0n) is 14.0. The Kier molecular flexibility index (Phi) is 4.00. The van der Waals surface area contributed by atoms with Crippen LogP contribution in [0.3, 0.4) is 0 Å². The number of ether oxygens (including phenoxy) is 1. The van der Waals surface area contributed by atoms with Crippen molar-refractivity contribution in [3.8, 4) is 5.75 Å². The second-order valence-corrected chi connectivity index (χ2v) is 6.71. The first-order valence-corrected chi connectivity index (χ1v) is 8.78. The summed E-state index contributed by atoms with van der Waals surface area (Å²) in [7, 11) is 0. The molecule has 2 aliphatic rings. The third-order valence-electron chi connectivity index (χ3n) is 5.03. The van der Waals surface area contributed by atoms with E-state index in [9.17, 15) is 4.79 Å². The van der Waals surface area contributed by atoms with Crippen molar-refractivity contribution in [2.75, 3.05) is 13.1 Å². The summed E-state index contributed by atoms with van der Waals surface area (Å²) in [6, 6.07) is 8.01. The monoisotopic (exact) mass is 325 g/mol. The summed E-state index contributed by atoms with van der Waals surface area (Å²) in [6.07, 6.45) is 6.20. The Labute approximate surface area is 142 Å². The molecule has 3 heterocycles. The molecule has 5 heteroatoms. The van der Waals surface area contributed by atoms with Gasteiger partial charge in [-0.05, 0) is 24.5 Å². The van der Waals surface area contributed by atoms with Crippen LogP contribution in [0.1, 0.15) is 24.7 Å². The summed E-state index contributed by atoms with van der Waals surface area (Å²) < 4.78 is 8.13. The quantitative estimate of drug-likeness (QED) is 0.866. The van der Waals surface area contributed by atoms with E-state index in [1.807, 2.05) is 35.5 Å². The minimum atomic E-state index is -0.319. The first-order chi connectivity index (χ1) is 11.7. The number of para-hydroxylation sites is 1. The summed E-state index contributed by atoms with van der Waals surface area (Å²) in [4.78, 5) is 18.9. The van der Waals surface area contributed by atoms with Crippen LogP contribution in [0.2, 0.25) is 0 Å². The van der Waals surface area contributed by atoms with Gasteiger partial charge in [0.2, 0.25) is 0 Å². The average Bonchev–Trinajstić information content (AvgIpc) is 3.04. The van der Waals surface area contributed by atoms with Gasteiger partial charge in [0.05, 0.1) is 0 Å². The first-order valence-electron chi connectivity index (χ1n) is 8.78. The average molecular weight is 325 g/mol. The smallest absolute Gasteiger partial charge is 0.263 e. The molecular formula is C19H23N3O2. The van der Waals surface area contributed by atoms with Gasteiger partial charge in [-0.2, -0.15) is 0 Å². The zero-order valence-corrected chi connectivity index (χ0v) is 14.0. The SMILES string of the molecule is CCc1nccn1CC1CN(C(=O)C2CCc3ccccc3O2)C1. The molecule has 1 fully saturated rings. The Morgan fingerprint density at radius 3 is 3.00 bits per heavy atom. The molecule has 1 aromatic carbocycles. The molecule has 1 unspecified atom stereocenters. The normalized spacial score (nSPS) is 20.2. The van der Waals surface area contributed by atoms with Crippen LogP contribution in [0.25, 0.3) is 0 Å². The minimum Gasteiger partial charge on any atom is -0.480 e. The van der Waals surface area contributed by atoms with E-state index in [0.29, 0.717) is 5.92 Å². The number of hydrogen-bond donors (Lipinski definition) is 0. The largest absolute Gasteiger partial charge is 0.480 e. The van der Waals surface area contributed by atoms with Crippen LogP contribution in [0.15, 0.2) is 36.7 Å². The third-order valence-corrected chi connectivity index (χ3v) is 5.03. The van der Waals surface area contributed by atoms with Gasteiger partial charge in [-0.25, -0.2) is 4.98 Å². The van der Waals surface area contributed by atoms with Gasteiger partial charge in [0.15, 0.2) is 6.10 Å². The van der Waals surface area contributed by atoms with Crippen molar-refractivity contribution in [3.63, 3.8) is 0 Å². The molecule has 0 saturated carbocycles. The highest BCUT2D eigenvalue weighted by Gasteiger charge is 2.37. The Morgan fingerprint density at radius 2 is 2.17 bits per heavy atom. The maximum atomic E-state index is 12.6. The topological polar surface area (TPSA) is 47.4 Å². The fourth-order valence-electron chi connectivity index (χ4n) is 3.67. The van der Waals surface area contributed by atoms with Crippen LogP contribution in [-0.4, -0.2) is 39.6 Å². The second-order valence-electron chi connectivity index (χ2n) is 6.71. The van der Waals surface area contributed by atoms with Gasteiger partial charge in [-0.15, -0.1) is 0 Å². The van der Waals surface area contributed by atoms with Crippen molar-refractivity contribution in [1.82, 2.24) is 14.5 Å². The summed E-state index contributed by atoms with van der Waals surface area (Å²) >= 11 is 0. The molecule has 0 bridgehead atoms. The van der Waals surface area contributed by atoms with Crippen LogP contribution >= 0.6 is 0 Å². The molecule has 1 aromatic heterocycles. The molecule has 0 spiro atoms. The van der Waals surface area contributed by atoms with Gasteiger partial charge in [0.1, 0.15) is 11.6 Å². The Balaban J connectivity index is 1.32. The third kappa shape index (κ3) is 2.79. The zero-order chi connectivity index (χ0) is 16.5. The lowest BCUT2D eigenvalue weighted by Gasteiger charge is -2.41. The number of carbonyl (C=O) groups is 1. The predicted molar refractivity (Wildman–Crippen MR) is 90.9 cm³/mol. The molecule has 2 aliphatic heterocycles. The molecule has 0 radical (unpaired) electrons. The van der Waals surface area contributed by atoms with Crippen molar-refractivity contribution in [2.45, 2.75) is 38.8 Å². The van der Waals surface area contributed by atoms with Gasteiger partial charge in [0.25, 0.3) is 5.91 Å². The lowest BCUT2D eigenvalue weighted by Crippen LogP contribution is -2.55. The lowest BCUT2D eigenvalue weighted by molar-refractivity contribution is -0.146. The van der Waals surface area contributed by atoms with Crippen LogP contribution in [0.5, 0.6) is 5.75 Å². The predicted octanol–water partition coefficient (Wildman–Crippen LogP) is 2.30. The number of amides is 1. The second kappa shape index (κ2) is 6.30. The van der Waals surface area contributed by atoms with E-state index < -0.39 is 0 Å². The van der Waals surface area contributed by atoms with Crippen molar-refractivity contribution < 1.29 is 9.53 Å². The van der Waals surface area contributed by atoms with E-state index in [1.165, 1.54) is 5.56 Å². The number of fused-ring (bicyclic) bond motifs is 1. The van der Waals surface area contributed by atoms with E-state index in [-0.39, 0.29) is 12.0 Å². The first kappa shape index (κ1) is 15.2. The van der Waals surface area contributed by atoms with E-state index in [2.05, 4.69) is 22.5 Å². The molecule has 0 N–H and O–H groups in total. The maximum absolute atomic E-state index is 12.6. The van der Waals surface area contributed by atoms with E-state index in [0.717, 1.165) is 50.5 Å². The molecule has 126 valence electrons. The van der Waals surface area contributed by atoms with E-state index >= 15 is 0 Å². The molecule has 1 atom stereocenters. The van der Waals surface area contributed by atoms with Crippen LogP contribution in [-0.2, 0) is 24.2 Å². The summed E-state index contributed by atoms with van der Waals surface area (Å²) in [6.45, 7) is 4.71. The van der Waals surface area contributed by atoms with E-state index in [1.54, 1.807) is 0 Å². The minimum absolute atomic E-state index is 0.141. The van der Waals surface area contributed by atoms with E-state index in [4.69, 9.17) is 4.74 Å². The number of benzene rings is 1. The van der Waals surface area contributed by atoms with Crippen molar-refractivity contribution >= 4 is 5.91 Å². The molecule has 24 heavy (non-hydrogen) atoms. The highest BCUT2D eigenvalue weighted by atomic mass is 16.5. The Bertz CT molecular complexity index is 734. The summed E-state index contributed by atoms with van der Waals surface area (Å²) in [5.74, 6) is 2.64. The highest BCUT2D eigenvalue weighted by Crippen LogP contribution is 2.29. The Hall–Kier alpha value is -2.30. The number of imidazole rings is 1. The van der Waals surface area contributed by atoms with Crippen molar-refractivity contribution in [1.29, 1.82) is 0 Å². The fraction of sp³-hybridized carbons (Fsp3) is 0.474. The van der Waals surface area contributed by atoms with Crippen LogP contribution in [0, 0.1) is 5.92 Å². The molecule has 2 aromatic rings. The number of rotatable bonds is 4. The molecule has 0 aliphatic carbocycles. The number of hydrogen-bond acceptors (Lipinski definition) is 3. The highest BCUT2D eigenvalue weighted by molar-refractivity contribution is 5.82. The van der Waals surface area contributed by atoms with Gasteiger partial charge >= 0.3 is 0 Å². The number of aromatic nitrogens is 2. The van der Waals surface area contributed by atoms with Gasteiger partial charge in [-0.3, -0.25) is 4.79 Å². The fourth-order valence-corrected chi connectivity index (χ4v) is 3.67. The summed E-state index contributed by atoms with van der Waals surface area (Å²) in [5, 5.41) is 0. The van der Waals surface area contributed by atoms with Gasteiger partial charge in [-0.1, -0.05) is 25.1 Å². The van der Waals surface area contributed by atoms with Crippen molar-refractivity contribution in [2.24, 2.45) is 5.92 Å². The van der Waals surface area contributed by atoms with Crippen molar-refractivity contribution in [3.05, 3.63) is 48.0 Å². The number of nitrogens with zero attached hydrogens (tertiary/aromatic N) is 3. The molecule has 1 amide bonds. The molecule has 5 nitrogen and oxygen atoms in total. The number of carbonyl (C=O) groups excluding carboxylic acids is 1. The summed E-state index contributed by atoms with van der Waals surface area (Å²) in [5.41, 5.74) is 1.20. The molecular weight excluding hydrogens is 302 g/mol. The standard InChI is InChI=1S/C19H23N3O2/c1-2-18-20-9-10-21(18)11-14-12-22(13-14)19(23)17-8-7-15-5-3-4-6-16(15)24-17/h3-6,9-10,14,17H,2,7-8,11-13H2,1H3. The van der Waals surface area contributed by atoms with Gasteiger partial charge in [0, 0.05) is 44.4 Å². The maximum Gasteiger partial charge on any atom is 0.263 e. The van der Waals surface area contributed by atoms with Gasteiger partial charge < -0.3 is 14.2 Å². The van der Waals surface area contributed by atoms with Crippen LogP contribution < -0.4 is 4.74 Å². The number of likely N-dealkylation sites (tertiary alicyclic amines) is 1. The molecule has 4 rings (SSSR count).